The van der Waals surface area contributed by atoms with Crippen molar-refractivity contribution in [2.75, 3.05) is 34.0 Å². The fraction of sp³-hybridized carbons (Fsp3) is 0.455. The average Bonchev–Trinajstić information content (AvgIpc) is 3.84. The van der Waals surface area contributed by atoms with Crippen LogP contribution < -0.4 is 0 Å². The van der Waals surface area contributed by atoms with Crippen LogP contribution in [0.3, 0.4) is 0 Å². The molecular formula is C44H57Cl2N7O7. The summed E-state index contributed by atoms with van der Waals surface area (Å²) in [7, 11) is 2.94. The van der Waals surface area contributed by atoms with Crippen molar-refractivity contribution in [1.29, 1.82) is 0 Å². The second kappa shape index (κ2) is 22.2. The number of aromatic nitrogens is 6. The number of pyridine rings is 3. The van der Waals surface area contributed by atoms with Crippen LogP contribution in [-0.2, 0) is 24.5 Å². The third-order valence-corrected chi connectivity index (χ3v) is 10.7. The maximum atomic E-state index is 12.2. The van der Waals surface area contributed by atoms with E-state index in [1.807, 2.05) is 43.8 Å². The number of aliphatic hydroxyl groups is 3. The summed E-state index contributed by atoms with van der Waals surface area (Å²) in [5, 5.41) is 31.3. The molecule has 0 spiro atoms. The van der Waals surface area contributed by atoms with Crippen molar-refractivity contribution in [3.05, 3.63) is 86.6 Å². The molecule has 6 aromatic rings. The second-order valence-corrected chi connectivity index (χ2v) is 15.5. The van der Waals surface area contributed by atoms with Crippen LogP contribution in [-0.4, -0.2) is 100 Å². The number of Topliss-reactive ketones (excluding diaryl/α,β-unsaturated/α-hetero) is 2. The number of hydrogen-bond acceptors (Lipinski definition) is 10. The third-order valence-electron chi connectivity index (χ3n) is 10.2. The Morgan fingerprint density at radius 1 is 0.600 bits per heavy atom. The van der Waals surface area contributed by atoms with Gasteiger partial charge in [0.15, 0.2) is 11.6 Å². The molecule has 0 fully saturated rings. The predicted octanol–water partition coefficient (Wildman–Crippen LogP) is 8.01. The van der Waals surface area contributed by atoms with Crippen LogP contribution in [0.1, 0.15) is 106 Å². The zero-order valence-electron chi connectivity index (χ0n) is 35.8. The van der Waals surface area contributed by atoms with E-state index in [1.54, 1.807) is 19.1 Å². The van der Waals surface area contributed by atoms with Crippen molar-refractivity contribution >= 4 is 73.4 Å². The Morgan fingerprint density at radius 2 is 0.950 bits per heavy atom. The van der Waals surface area contributed by atoms with Gasteiger partial charge >= 0.3 is 0 Å². The largest absolute Gasteiger partial charge is 0.396 e. The van der Waals surface area contributed by atoms with E-state index >= 15 is 0 Å². The van der Waals surface area contributed by atoms with Gasteiger partial charge in [-0.05, 0) is 101 Å². The van der Waals surface area contributed by atoms with Crippen molar-refractivity contribution in [2.24, 2.45) is 0 Å². The molecule has 0 bridgehead atoms. The van der Waals surface area contributed by atoms with E-state index < -0.39 is 0 Å². The second-order valence-electron chi connectivity index (χ2n) is 14.8. The first-order chi connectivity index (χ1) is 28.6. The standard InChI is InChI=1S/C15H20ClN3O3.C15H20N2O2.C14H17ClN2O2/c1-10-9-19(6-4-5-7-20)12-8-11(15(21)18(2)22-3)17-14(16)13(10)12;1-10-9-17(6-4-5-7-18)14-8-13(12(3)19)16-11(2)15(10)14;1-9-8-17(5-3-4-6-18)12-7-11(10(2)19)16-14(15)13(9)12/h8-9,20H,4-7H2,1-3H3;8-9,18H,4-7H2,1-3H3;7-8,18H,3-6H2,1-2H3. The lowest BCUT2D eigenvalue weighted by Crippen LogP contribution is -2.26. The average molecular weight is 867 g/mol. The lowest BCUT2D eigenvalue weighted by Gasteiger charge is -2.13. The maximum absolute atomic E-state index is 12.2. The maximum Gasteiger partial charge on any atom is 0.295 e. The summed E-state index contributed by atoms with van der Waals surface area (Å²) in [6, 6.07) is 5.39. The van der Waals surface area contributed by atoms with E-state index in [2.05, 4.69) is 37.2 Å². The first kappa shape index (κ1) is 48.0. The van der Waals surface area contributed by atoms with Gasteiger partial charge in [0.25, 0.3) is 5.91 Å². The van der Waals surface area contributed by atoms with Gasteiger partial charge in [-0.1, -0.05) is 23.2 Å². The molecule has 0 unspecified atom stereocenters. The smallest absolute Gasteiger partial charge is 0.295 e. The summed E-state index contributed by atoms with van der Waals surface area (Å²) in [5.41, 5.74) is 8.15. The van der Waals surface area contributed by atoms with Crippen molar-refractivity contribution < 1.29 is 34.5 Å². The molecule has 324 valence electrons. The Labute approximate surface area is 360 Å². The molecule has 14 nitrogen and oxygen atoms in total. The molecule has 60 heavy (non-hydrogen) atoms. The number of nitrogens with zero attached hydrogens (tertiary/aromatic N) is 7. The molecule has 16 heteroatoms. The molecule has 3 N–H and O–H groups in total. The topological polar surface area (TPSA) is 178 Å². The third kappa shape index (κ3) is 11.6. The highest BCUT2D eigenvalue weighted by atomic mass is 35.5. The minimum absolute atomic E-state index is 0.00855. The molecule has 6 heterocycles. The van der Waals surface area contributed by atoms with Gasteiger partial charge in [-0.25, -0.2) is 20.0 Å². The number of halogens is 2. The quantitative estimate of drug-likeness (QED) is 0.0374. The fourth-order valence-corrected chi connectivity index (χ4v) is 7.78. The molecule has 0 aromatic carbocycles. The molecular weight excluding hydrogens is 809 g/mol. The Kier molecular flexibility index (Phi) is 17.8. The zero-order valence-corrected chi connectivity index (χ0v) is 37.3. The highest BCUT2D eigenvalue weighted by Gasteiger charge is 2.19. The summed E-state index contributed by atoms with van der Waals surface area (Å²) in [6.07, 6.45) is 11.0. The lowest BCUT2D eigenvalue weighted by molar-refractivity contribution is -0.0760. The number of carbonyl (C=O) groups is 3. The lowest BCUT2D eigenvalue weighted by atomic mass is 10.1. The first-order valence-corrected chi connectivity index (χ1v) is 20.8. The summed E-state index contributed by atoms with van der Waals surface area (Å²) in [4.78, 5) is 52.7. The van der Waals surface area contributed by atoms with Crippen LogP contribution in [0.2, 0.25) is 10.3 Å². The number of amides is 1. The van der Waals surface area contributed by atoms with Gasteiger partial charge in [0, 0.05) is 101 Å². The highest BCUT2D eigenvalue weighted by Crippen LogP contribution is 2.30. The minimum Gasteiger partial charge on any atom is -0.396 e. The van der Waals surface area contributed by atoms with E-state index in [1.165, 1.54) is 26.6 Å². The van der Waals surface area contributed by atoms with Gasteiger partial charge in [-0.15, -0.1) is 0 Å². The van der Waals surface area contributed by atoms with E-state index in [0.29, 0.717) is 21.7 Å². The molecule has 6 rings (SSSR count). The molecule has 0 saturated heterocycles. The number of ketones is 2. The molecule has 0 radical (unpaired) electrons. The number of aryl methyl sites for hydroxylation is 7. The summed E-state index contributed by atoms with van der Waals surface area (Å²) in [6.45, 7) is 13.9. The number of aliphatic hydroxyl groups excluding tert-OH is 3. The molecule has 0 saturated carbocycles. The number of hydroxylamine groups is 2. The van der Waals surface area contributed by atoms with Crippen LogP contribution in [0, 0.1) is 27.7 Å². The van der Waals surface area contributed by atoms with Gasteiger partial charge < -0.3 is 29.0 Å². The monoisotopic (exact) mass is 865 g/mol. The van der Waals surface area contributed by atoms with Crippen LogP contribution in [0.15, 0.2) is 36.8 Å². The first-order valence-electron chi connectivity index (χ1n) is 20.0. The Balaban J connectivity index is 0.000000199. The van der Waals surface area contributed by atoms with Crippen molar-refractivity contribution in [2.45, 2.75) is 99.7 Å². The van der Waals surface area contributed by atoms with E-state index in [4.69, 9.17) is 43.4 Å². The Bertz CT molecular complexity index is 2340. The number of unbranched alkanes of at least 4 members (excludes halogenated alkanes) is 3. The fourth-order valence-electron chi connectivity index (χ4n) is 7.11. The van der Waals surface area contributed by atoms with Gasteiger partial charge in [0.05, 0.1) is 23.7 Å². The van der Waals surface area contributed by atoms with E-state index in [9.17, 15) is 14.4 Å². The predicted molar refractivity (Wildman–Crippen MR) is 236 cm³/mol. The number of hydrogen-bond donors (Lipinski definition) is 3. The summed E-state index contributed by atoms with van der Waals surface area (Å²) >= 11 is 12.4. The SMILES string of the molecule is CC(=O)c1cc2c(c(C)cn2CCCCO)c(C)n1.CC(=O)c1cc2c(c(C)cn2CCCCO)c(Cl)n1.CON(C)C(=O)c1cc2c(c(C)cn2CCCCO)c(Cl)n1. The molecule has 0 aliphatic carbocycles. The highest BCUT2D eigenvalue weighted by molar-refractivity contribution is 6.35. The molecule has 0 aliphatic heterocycles. The van der Waals surface area contributed by atoms with Gasteiger partial charge in [0.1, 0.15) is 27.4 Å². The number of rotatable bonds is 16. The number of fused-ring (bicyclic) bond motifs is 3. The Morgan fingerprint density at radius 3 is 1.33 bits per heavy atom. The van der Waals surface area contributed by atoms with E-state index in [-0.39, 0.29) is 43.0 Å². The van der Waals surface area contributed by atoms with Gasteiger partial charge in [-0.2, -0.15) is 0 Å². The molecule has 0 aliphatic rings. The molecule has 0 atom stereocenters. The van der Waals surface area contributed by atoms with Gasteiger partial charge in [-0.3, -0.25) is 19.2 Å². The van der Waals surface area contributed by atoms with Crippen molar-refractivity contribution in [3.63, 3.8) is 0 Å². The normalized spacial score (nSPS) is 11.2. The van der Waals surface area contributed by atoms with E-state index in [0.717, 1.165) is 113 Å². The molecule has 1 amide bonds. The van der Waals surface area contributed by atoms with Crippen molar-refractivity contribution in [3.8, 4) is 0 Å². The zero-order chi connectivity index (χ0) is 44.3. The van der Waals surface area contributed by atoms with Crippen LogP contribution in [0.5, 0.6) is 0 Å². The van der Waals surface area contributed by atoms with Crippen molar-refractivity contribution in [1.82, 2.24) is 33.7 Å². The van der Waals surface area contributed by atoms with Crippen LogP contribution >= 0.6 is 23.2 Å². The summed E-state index contributed by atoms with van der Waals surface area (Å²) < 4.78 is 6.26. The van der Waals surface area contributed by atoms with Crippen LogP contribution in [0.25, 0.3) is 32.7 Å². The van der Waals surface area contributed by atoms with Gasteiger partial charge in [0.2, 0.25) is 0 Å². The minimum atomic E-state index is -0.355. The Hall–Kier alpha value is -4.70. The summed E-state index contributed by atoms with van der Waals surface area (Å²) in [5.74, 6) is -0.456. The number of carbonyl (C=O) groups excluding carboxylic acids is 3. The molecule has 6 aromatic heterocycles. The van der Waals surface area contributed by atoms with Crippen LogP contribution in [0.4, 0.5) is 0 Å².